The number of urea groups is 1. The number of aliphatic hydroxyl groups is 1. The van der Waals surface area contributed by atoms with E-state index in [2.05, 4.69) is 5.32 Å². The number of carbonyl (C=O) groups is 2. The first-order valence-electron chi connectivity index (χ1n) is 15.0. The van der Waals surface area contributed by atoms with Crippen LogP contribution in [0.4, 0.5) is 16.2 Å². The Balaban J connectivity index is 1.55. The van der Waals surface area contributed by atoms with E-state index in [0.29, 0.717) is 48.2 Å². The molecule has 11 nitrogen and oxygen atoms in total. The summed E-state index contributed by atoms with van der Waals surface area (Å²) in [6.07, 6.45) is 2.10. The van der Waals surface area contributed by atoms with Crippen molar-refractivity contribution in [1.82, 2.24) is 9.80 Å². The Morgan fingerprint density at radius 3 is 2.56 bits per heavy atom. The largest absolute Gasteiger partial charge is 0.490 e. The van der Waals surface area contributed by atoms with E-state index in [4.69, 9.17) is 18.9 Å². The zero-order valence-corrected chi connectivity index (χ0v) is 26.2. The fourth-order valence-corrected chi connectivity index (χ4v) is 5.20. The van der Waals surface area contributed by atoms with Crippen molar-refractivity contribution in [1.29, 1.82) is 0 Å². The lowest BCUT2D eigenvalue weighted by atomic mass is 10.0. The number of likely N-dealkylation sites (N-methyl/N-ethyl adjacent to an activating group) is 1. The summed E-state index contributed by atoms with van der Waals surface area (Å²) in [6.45, 7) is 6.97. The van der Waals surface area contributed by atoms with Gasteiger partial charge >= 0.3 is 6.03 Å². The number of carbonyl (C=O) groups excluding carboxylic acids is 2. The number of benzene rings is 2. The fraction of sp³-hybridized carbons (Fsp3) is 0.562. The minimum absolute atomic E-state index is 0.0934. The first-order valence-corrected chi connectivity index (χ1v) is 15.0. The number of nitrogens with one attached hydrogen (secondary N) is 1. The average Bonchev–Trinajstić information content (AvgIpc) is 3.45. The average molecular weight is 599 g/mol. The van der Waals surface area contributed by atoms with Gasteiger partial charge in [0.1, 0.15) is 5.75 Å². The van der Waals surface area contributed by atoms with E-state index >= 15 is 0 Å². The number of ether oxygens (including phenoxy) is 4. The molecular formula is C32H46N4O7. The van der Waals surface area contributed by atoms with Crippen LogP contribution in [-0.2, 0) is 4.74 Å². The molecule has 0 fully saturated rings. The highest BCUT2D eigenvalue weighted by molar-refractivity contribution is 5.98. The molecule has 0 aromatic heterocycles. The molecule has 0 radical (unpaired) electrons. The third-order valence-electron chi connectivity index (χ3n) is 7.98. The zero-order chi connectivity index (χ0) is 31.1. The number of nitrogens with zero attached hydrogens (tertiary/aromatic N) is 3. The predicted octanol–water partition coefficient (Wildman–Crippen LogP) is 4.44. The summed E-state index contributed by atoms with van der Waals surface area (Å²) in [5, 5.41) is 13.0. The second-order valence-electron chi connectivity index (χ2n) is 11.8. The van der Waals surface area contributed by atoms with Gasteiger partial charge in [-0.2, -0.15) is 0 Å². The number of rotatable bonds is 6. The van der Waals surface area contributed by atoms with E-state index in [1.807, 2.05) is 58.0 Å². The first-order chi connectivity index (χ1) is 20.6. The standard InChI is InChI=1S/C32H46N4O7/c1-21-17-36(22(2)19-37)31(38)26-16-25(34(4)5)11-13-27(26)43-23(3)9-7-8-14-40-30(21)18-35(6)32(39)33-24-10-12-28-29(15-24)42-20-41-28/h10-13,15-16,21-23,30,37H,7-9,14,17-20H2,1-6H3,(H,33,39)/t21-,22+,23+,30-/m0/s1. The van der Waals surface area contributed by atoms with Gasteiger partial charge in [0.25, 0.3) is 5.91 Å². The van der Waals surface area contributed by atoms with Gasteiger partial charge in [0, 0.05) is 64.2 Å². The summed E-state index contributed by atoms with van der Waals surface area (Å²) < 4.78 is 23.4. The number of hydrogen-bond acceptors (Lipinski definition) is 8. The van der Waals surface area contributed by atoms with Crippen LogP contribution in [0.3, 0.4) is 0 Å². The second-order valence-corrected chi connectivity index (χ2v) is 11.8. The van der Waals surface area contributed by atoms with Crippen LogP contribution in [0.25, 0.3) is 0 Å². The van der Waals surface area contributed by atoms with Crippen LogP contribution in [0, 0.1) is 5.92 Å². The number of anilines is 2. The molecule has 0 aliphatic carbocycles. The highest BCUT2D eigenvalue weighted by Crippen LogP contribution is 2.34. The van der Waals surface area contributed by atoms with E-state index in [9.17, 15) is 14.7 Å². The number of amides is 3. The molecular weight excluding hydrogens is 552 g/mol. The van der Waals surface area contributed by atoms with Crippen LogP contribution in [0.15, 0.2) is 36.4 Å². The molecule has 43 heavy (non-hydrogen) atoms. The second kappa shape index (κ2) is 14.7. The van der Waals surface area contributed by atoms with E-state index < -0.39 is 6.04 Å². The van der Waals surface area contributed by atoms with Crippen LogP contribution in [0.5, 0.6) is 17.2 Å². The normalized spacial score (nSPS) is 21.7. The Morgan fingerprint density at radius 1 is 1.07 bits per heavy atom. The molecule has 0 saturated heterocycles. The molecule has 236 valence electrons. The van der Waals surface area contributed by atoms with E-state index in [1.54, 1.807) is 35.0 Å². The van der Waals surface area contributed by atoms with Crippen molar-refractivity contribution in [3.05, 3.63) is 42.0 Å². The molecule has 2 aliphatic rings. The summed E-state index contributed by atoms with van der Waals surface area (Å²) in [5.41, 5.74) is 1.94. The molecule has 2 heterocycles. The Bertz CT molecular complexity index is 1260. The maximum absolute atomic E-state index is 14.1. The van der Waals surface area contributed by atoms with Gasteiger partial charge in [0.2, 0.25) is 6.79 Å². The summed E-state index contributed by atoms with van der Waals surface area (Å²) in [5.74, 6) is 1.40. The minimum atomic E-state index is -0.441. The van der Waals surface area contributed by atoms with Gasteiger partial charge in [-0.15, -0.1) is 0 Å². The van der Waals surface area contributed by atoms with Crippen molar-refractivity contribution in [2.45, 2.75) is 58.3 Å². The molecule has 0 bridgehead atoms. The molecule has 2 aromatic carbocycles. The summed E-state index contributed by atoms with van der Waals surface area (Å²) >= 11 is 0. The Hall–Kier alpha value is -3.70. The van der Waals surface area contributed by atoms with Crippen molar-refractivity contribution < 1.29 is 33.6 Å². The van der Waals surface area contributed by atoms with E-state index in [0.717, 1.165) is 24.9 Å². The third kappa shape index (κ3) is 8.23. The molecule has 2 N–H and O–H groups in total. The maximum Gasteiger partial charge on any atom is 0.321 e. The molecule has 4 atom stereocenters. The van der Waals surface area contributed by atoms with Crippen LogP contribution >= 0.6 is 0 Å². The van der Waals surface area contributed by atoms with Gasteiger partial charge in [-0.1, -0.05) is 6.92 Å². The molecule has 0 unspecified atom stereocenters. The molecule has 2 aromatic rings. The fourth-order valence-electron chi connectivity index (χ4n) is 5.20. The van der Waals surface area contributed by atoms with Crippen molar-refractivity contribution >= 4 is 23.3 Å². The maximum atomic E-state index is 14.1. The van der Waals surface area contributed by atoms with Gasteiger partial charge in [-0.3, -0.25) is 4.79 Å². The Labute approximate surface area is 254 Å². The first kappa shape index (κ1) is 32.2. The van der Waals surface area contributed by atoms with Crippen molar-refractivity contribution in [3.8, 4) is 17.2 Å². The van der Waals surface area contributed by atoms with E-state index in [1.165, 1.54) is 0 Å². The quantitative estimate of drug-likeness (QED) is 0.502. The number of aliphatic hydroxyl groups excluding tert-OH is 1. The monoisotopic (exact) mass is 598 g/mol. The highest BCUT2D eigenvalue weighted by atomic mass is 16.7. The third-order valence-corrected chi connectivity index (χ3v) is 7.98. The molecule has 11 heteroatoms. The summed E-state index contributed by atoms with van der Waals surface area (Å²) in [6, 6.07) is 10.2. The van der Waals surface area contributed by atoms with Crippen molar-refractivity contribution in [2.24, 2.45) is 5.92 Å². The molecule has 2 aliphatic heterocycles. The number of hydrogen-bond donors (Lipinski definition) is 2. The lowest BCUT2D eigenvalue weighted by Gasteiger charge is -2.36. The number of fused-ring (bicyclic) bond motifs is 2. The van der Waals surface area contributed by atoms with Gasteiger partial charge in [-0.05, 0) is 63.4 Å². The summed E-state index contributed by atoms with van der Waals surface area (Å²) in [7, 11) is 5.58. The van der Waals surface area contributed by atoms with Gasteiger partial charge in [-0.25, -0.2) is 4.79 Å². The van der Waals surface area contributed by atoms with E-state index in [-0.39, 0.29) is 43.5 Å². The lowest BCUT2D eigenvalue weighted by Crippen LogP contribution is -2.48. The van der Waals surface area contributed by atoms with Gasteiger partial charge < -0.3 is 44.1 Å². The molecule has 3 amide bonds. The highest BCUT2D eigenvalue weighted by Gasteiger charge is 2.31. The van der Waals surface area contributed by atoms with Crippen LogP contribution in [0.1, 0.15) is 50.4 Å². The van der Waals surface area contributed by atoms with Gasteiger partial charge in [0.15, 0.2) is 11.5 Å². The zero-order valence-electron chi connectivity index (χ0n) is 26.2. The minimum Gasteiger partial charge on any atom is -0.490 e. The van der Waals surface area contributed by atoms with Gasteiger partial charge in [0.05, 0.1) is 30.4 Å². The smallest absolute Gasteiger partial charge is 0.321 e. The van der Waals surface area contributed by atoms with Crippen LogP contribution < -0.4 is 24.4 Å². The van der Waals surface area contributed by atoms with Crippen LogP contribution in [0.2, 0.25) is 0 Å². The Morgan fingerprint density at radius 2 is 1.81 bits per heavy atom. The van der Waals surface area contributed by atoms with Crippen LogP contribution in [-0.4, -0.2) is 99.3 Å². The summed E-state index contributed by atoms with van der Waals surface area (Å²) in [4.78, 5) is 32.5. The lowest BCUT2D eigenvalue weighted by molar-refractivity contribution is -0.0115. The molecule has 4 rings (SSSR count). The topological polar surface area (TPSA) is 113 Å². The van der Waals surface area contributed by atoms with Crippen molar-refractivity contribution in [2.75, 3.05) is 64.5 Å². The molecule has 0 spiro atoms. The van der Waals surface area contributed by atoms with Crippen molar-refractivity contribution in [3.63, 3.8) is 0 Å². The predicted molar refractivity (Wildman–Crippen MR) is 165 cm³/mol. The Kier molecular flexibility index (Phi) is 11.0. The SMILES string of the molecule is C[C@@H]1CCCCO[C@@H](CN(C)C(=O)Nc2ccc3c(c2)OCO3)[C@@H](C)CN([C@H](C)CO)C(=O)c2cc(N(C)C)ccc2O1. The molecule has 0 saturated carbocycles.